The number of hydrogen-bond donors (Lipinski definition) is 1. The summed E-state index contributed by atoms with van der Waals surface area (Å²) in [6.45, 7) is 1.79. The number of benzene rings is 2. The minimum atomic E-state index is 0.451. The summed E-state index contributed by atoms with van der Waals surface area (Å²) >= 11 is 5.97. The van der Waals surface area contributed by atoms with Crippen LogP contribution in [0.3, 0.4) is 0 Å². The van der Waals surface area contributed by atoms with Gasteiger partial charge in [0.15, 0.2) is 0 Å². The monoisotopic (exact) mass is 316 g/mol. The van der Waals surface area contributed by atoms with Crippen LogP contribution < -0.4 is 10.1 Å². The number of rotatable bonds is 7. The van der Waals surface area contributed by atoms with Gasteiger partial charge in [-0.05, 0) is 35.9 Å². The van der Waals surface area contributed by atoms with E-state index >= 15 is 0 Å². The molecule has 0 saturated heterocycles. The molecule has 0 spiro atoms. The van der Waals surface area contributed by atoms with Gasteiger partial charge in [0.05, 0.1) is 30.9 Å². The fraction of sp³-hybridized carbons (Fsp3) is 0.235. The Morgan fingerprint density at radius 3 is 2.59 bits per heavy atom. The second kappa shape index (κ2) is 8.28. The van der Waals surface area contributed by atoms with Crippen LogP contribution in [0.1, 0.15) is 11.1 Å². The Hall–Kier alpha value is -2.22. The lowest BCUT2D eigenvalue weighted by molar-refractivity contribution is 0.130. The van der Waals surface area contributed by atoms with E-state index in [0.717, 1.165) is 17.0 Å². The maximum atomic E-state index is 8.81. The Labute approximate surface area is 135 Å². The van der Waals surface area contributed by atoms with Crippen LogP contribution >= 0.6 is 11.6 Å². The molecule has 22 heavy (non-hydrogen) atoms. The molecule has 0 bridgehead atoms. The number of hydrogen-bond acceptors (Lipinski definition) is 4. The molecule has 0 aliphatic carbocycles. The number of nitrogens with zero attached hydrogens (tertiary/aromatic N) is 1. The molecule has 0 radical (unpaired) electrons. The molecule has 0 atom stereocenters. The van der Waals surface area contributed by atoms with Crippen LogP contribution in [0.15, 0.2) is 42.5 Å². The zero-order valence-corrected chi connectivity index (χ0v) is 13.1. The summed E-state index contributed by atoms with van der Waals surface area (Å²) < 4.78 is 10.7. The zero-order valence-electron chi connectivity index (χ0n) is 12.3. The maximum absolute atomic E-state index is 8.81. The lowest BCUT2D eigenvalue weighted by Gasteiger charge is -2.08. The first-order chi connectivity index (χ1) is 10.7. The van der Waals surface area contributed by atoms with Gasteiger partial charge in [0.25, 0.3) is 0 Å². The normalized spacial score (nSPS) is 10.0. The number of nitriles is 1. The van der Waals surface area contributed by atoms with E-state index in [1.54, 1.807) is 19.2 Å². The maximum Gasteiger partial charge on any atom is 0.118 e. The molecule has 1 N–H and O–H groups in total. The lowest BCUT2D eigenvalue weighted by atomic mass is 10.2. The van der Waals surface area contributed by atoms with Gasteiger partial charge >= 0.3 is 0 Å². The van der Waals surface area contributed by atoms with Crippen LogP contribution in [-0.4, -0.2) is 20.3 Å². The third-order valence-corrected chi connectivity index (χ3v) is 3.41. The summed E-state index contributed by atoms with van der Waals surface area (Å²) in [5.41, 5.74) is 2.45. The van der Waals surface area contributed by atoms with Gasteiger partial charge in [0, 0.05) is 12.2 Å². The number of anilines is 1. The van der Waals surface area contributed by atoms with E-state index in [4.69, 9.17) is 26.3 Å². The molecule has 5 heteroatoms. The topological polar surface area (TPSA) is 54.3 Å². The highest BCUT2D eigenvalue weighted by molar-refractivity contribution is 6.32. The molecule has 0 aliphatic heterocycles. The van der Waals surface area contributed by atoms with E-state index < -0.39 is 0 Å². The minimum absolute atomic E-state index is 0.451. The summed E-state index contributed by atoms with van der Waals surface area (Å²) in [6, 6.07) is 15.1. The second-order valence-corrected chi connectivity index (χ2v) is 5.04. The summed E-state index contributed by atoms with van der Waals surface area (Å²) in [5, 5.41) is 12.5. The molecule has 0 saturated carbocycles. The van der Waals surface area contributed by atoms with Crippen LogP contribution in [0, 0.1) is 11.3 Å². The molecule has 114 valence electrons. The van der Waals surface area contributed by atoms with Gasteiger partial charge in [-0.3, -0.25) is 0 Å². The molecular formula is C17H17ClN2O2. The summed E-state index contributed by atoms with van der Waals surface area (Å²) in [6.07, 6.45) is 0. The average Bonchev–Trinajstić information content (AvgIpc) is 2.55. The highest BCUT2D eigenvalue weighted by atomic mass is 35.5. The molecule has 2 aromatic carbocycles. The quantitative estimate of drug-likeness (QED) is 0.788. The average molecular weight is 317 g/mol. The minimum Gasteiger partial charge on any atom is -0.497 e. The van der Waals surface area contributed by atoms with Crippen molar-refractivity contribution in [1.29, 1.82) is 5.26 Å². The second-order valence-electron chi connectivity index (χ2n) is 4.63. The Kier molecular flexibility index (Phi) is 6.08. The summed E-state index contributed by atoms with van der Waals surface area (Å²) in [4.78, 5) is 0. The summed E-state index contributed by atoms with van der Waals surface area (Å²) in [7, 11) is 1.65. The Morgan fingerprint density at radius 1 is 1.18 bits per heavy atom. The first kappa shape index (κ1) is 16.2. The van der Waals surface area contributed by atoms with E-state index in [9.17, 15) is 0 Å². The third kappa shape index (κ3) is 4.66. The molecule has 0 fully saturated rings. The predicted molar refractivity (Wildman–Crippen MR) is 87.3 cm³/mol. The Balaban J connectivity index is 1.70. The van der Waals surface area contributed by atoms with Gasteiger partial charge in [-0.25, -0.2) is 0 Å². The van der Waals surface area contributed by atoms with Crippen LogP contribution in [-0.2, 0) is 11.3 Å². The molecule has 0 amide bonds. The molecule has 0 aromatic heterocycles. The van der Waals surface area contributed by atoms with Gasteiger partial charge in [-0.2, -0.15) is 5.26 Å². The van der Waals surface area contributed by atoms with Crippen molar-refractivity contribution < 1.29 is 9.47 Å². The fourth-order valence-corrected chi connectivity index (χ4v) is 2.12. The van der Waals surface area contributed by atoms with Gasteiger partial charge in [-0.1, -0.05) is 23.7 Å². The highest BCUT2D eigenvalue weighted by Gasteiger charge is 2.00. The van der Waals surface area contributed by atoms with Crippen molar-refractivity contribution in [2.45, 2.75) is 6.61 Å². The number of ether oxygens (including phenoxy) is 2. The predicted octanol–water partition coefficient (Wildman–Crippen LogP) is 3.85. The van der Waals surface area contributed by atoms with Crippen molar-refractivity contribution in [2.24, 2.45) is 0 Å². The van der Waals surface area contributed by atoms with Crippen molar-refractivity contribution in [3.05, 3.63) is 58.6 Å². The number of halogens is 1. The van der Waals surface area contributed by atoms with Crippen LogP contribution in [0.5, 0.6) is 5.75 Å². The number of methoxy groups -OCH3 is 1. The molecule has 0 unspecified atom stereocenters. The molecule has 0 aliphatic rings. The number of nitrogens with one attached hydrogen (secondary N) is 1. The van der Waals surface area contributed by atoms with E-state index in [2.05, 4.69) is 5.32 Å². The van der Waals surface area contributed by atoms with Gasteiger partial charge < -0.3 is 14.8 Å². The van der Waals surface area contributed by atoms with E-state index in [1.807, 2.05) is 36.4 Å². The van der Waals surface area contributed by atoms with Crippen LogP contribution in [0.4, 0.5) is 5.69 Å². The lowest BCUT2D eigenvalue weighted by Crippen LogP contribution is -2.09. The van der Waals surface area contributed by atoms with E-state index in [1.165, 1.54) is 0 Å². The molecule has 2 rings (SSSR count). The molecule has 4 nitrogen and oxygen atoms in total. The van der Waals surface area contributed by atoms with Crippen LogP contribution in [0.2, 0.25) is 5.02 Å². The SMILES string of the molecule is COc1ccc(COCCNc2ccc(C#N)c(Cl)c2)cc1. The van der Waals surface area contributed by atoms with Crippen molar-refractivity contribution in [2.75, 3.05) is 25.6 Å². The largest absolute Gasteiger partial charge is 0.497 e. The third-order valence-electron chi connectivity index (χ3n) is 3.09. The Bertz CT molecular complexity index is 651. The van der Waals surface area contributed by atoms with Crippen LogP contribution in [0.25, 0.3) is 0 Å². The molecule has 0 heterocycles. The van der Waals surface area contributed by atoms with Crippen molar-refractivity contribution in [3.8, 4) is 11.8 Å². The van der Waals surface area contributed by atoms with Gasteiger partial charge in [0.1, 0.15) is 11.8 Å². The molecule has 2 aromatic rings. The summed E-state index contributed by atoms with van der Waals surface area (Å²) in [5.74, 6) is 0.836. The fourth-order valence-electron chi connectivity index (χ4n) is 1.90. The zero-order chi connectivity index (χ0) is 15.8. The highest BCUT2D eigenvalue weighted by Crippen LogP contribution is 2.20. The van der Waals surface area contributed by atoms with Crippen molar-refractivity contribution in [3.63, 3.8) is 0 Å². The van der Waals surface area contributed by atoms with E-state index in [0.29, 0.717) is 30.3 Å². The Morgan fingerprint density at radius 2 is 1.95 bits per heavy atom. The van der Waals surface area contributed by atoms with Gasteiger partial charge in [-0.15, -0.1) is 0 Å². The van der Waals surface area contributed by atoms with E-state index in [-0.39, 0.29) is 0 Å². The van der Waals surface area contributed by atoms with Crippen molar-refractivity contribution in [1.82, 2.24) is 0 Å². The first-order valence-corrected chi connectivity index (χ1v) is 7.25. The smallest absolute Gasteiger partial charge is 0.118 e. The standard InChI is InChI=1S/C17H17ClN2O2/c1-21-16-6-2-13(3-7-16)12-22-9-8-20-15-5-4-14(11-19)17(18)10-15/h2-7,10,20H,8-9,12H2,1H3. The first-order valence-electron chi connectivity index (χ1n) is 6.87. The molecular weight excluding hydrogens is 300 g/mol. The van der Waals surface area contributed by atoms with Gasteiger partial charge in [0.2, 0.25) is 0 Å². The van der Waals surface area contributed by atoms with Crippen molar-refractivity contribution >= 4 is 17.3 Å².